The third-order valence-corrected chi connectivity index (χ3v) is 5.03. The molecule has 1 saturated carbocycles. The molecule has 1 N–H and O–H groups in total. The Morgan fingerprint density at radius 3 is 2.76 bits per heavy atom. The van der Waals surface area contributed by atoms with E-state index in [0.717, 1.165) is 25.9 Å². The fourth-order valence-electron chi connectivity index (χ4n) is 2.89. The molecular weight excluding hydrogens is 397 g/mol. The van der Waals surface area contributed by atoms with E-state index in [1.165, 1.54) is 32.1 Å². The average Bonchev–Trinajstić information content (AvgIpc) is 2.80. The van der Waals surface area contributed by atoms with Crippen LogP contribution in [0.3, 0.4) is 0 Å². The third kappa shape index (κ3) is 3.54. The van der Waals surface area contributed by atoms with Crippen LogP contribution in [0.4, 0.5) is 5.95 Å². The minimum Gasteiger partial charge on any atom is -0.353 e. The maximum atomic E-state index is 6.06. The lowest BCUT2D eigenvalue weighted by Gasteiger charge is -2.23. The van der Waals surface area contributed by atoms with E-state index in [1.54, 1.807) is 0 Å². The van der Waals surface area contributed by atoms with Gasteiger partial charge in [0.15, 0.2) is 0 Å². The van der Waals surface area contributed by atoms with Crippen LogP contribution in [0.15, 0.2) is 24.4 Å². The zero-order chi connectivity index (χ0) is 14.8. The lowest BCUT2D eigenvalue weighted by Crippen LogP contribution is -2.24. The normalized spacial score (nSPS) is 16.1. The Kier molecular flexibility index (Phi) is 4.74. The van der Waals surface area contributed by atoms with Crippen molar-refractivity contribution in [1.82, 2.24) is 9.55 Å². The van der Waals surface area contributed by atoms with Crippen LogP contribution in [0, 0.1) is 10.5 Å². The first kappa shape index (κ1) is 15.2. The van der Waals surface area contributed by atoms with Crippen molar-refractivity contribution in [3.63, 3.8) is 0 Å². The molecule has 1 aromatic heterocycles. The van der Waals surface area contributed by atoms with Crippen molar-refractivity contribution in [2.24, 2.45) is 0 Å². The van der Waals surface area contributed by atoms with Gasteiger partial charge in [-0.05, 0) is 60.6 Å². The third-order valence-electron chi connectivity index (χ3n) is 3.93. The van der Waals surface area contributed by atoms with E-state index in [2.05, 4.69) is 49.7 Å². The number of hydrogen-bond donors (Lipinski definition) is 1. The fraction of sp³-hybridized carbons (Fsp3) is 0.438. The second-order valence-electron chi connectivity index (χ2n) is 5.65. The summed E-state index contributed by atoms with van der Waals surface area (Å²) in [5.41, 5.74) is 2.15. The van der Waals surface area contributed by atoms with Crippen LogP contribution < -0.4 is 5.32 Å². The smallest absolute Gasteiger partial charge is 0.207 e. The standard InChI is InChI=1S/C16H19ClIN3/c1-11-10-21(15-8-7-12(17)9-14(15)18)16(19-11)20-13-5-3-2-4-6-13/h7-10,13H,2-6H2,1H3,(H,19,20). The Bertz CT molecular complexity index is 632. The quantitative estimate of drug-likeness (QED) is 0.700. The van der Waals surface area contributed by atoms with Crippen molar-refractivity contribution in [3.05, 3.63) is 38.7 Å². The molecule has 0 spiro atoms. The molecule has 112 valence electrons. The van der Waals surface area contributed by atoms with E-state index < -0.39 is 0 Å². The number of nitrogens with zero attached hydrogens (tertiary/aromatic N) is 2. The van der Waals surface area contributed by atoms with Crippen LogP contribution in [0.5, 0.6) is 0 Å². The zero-order valence-electron chi connectivity index (χ0n) is 12.1. The summed E-state index contributed by atoms with van der Waals surface area (Å²) >= 11 is 8.39. The summed E-state index contributed by atoms with van der Waals surface area (Å²) in [5, 5.41) is 4.39. The predicted octanol–water partition coefficient (Wildman–Crippen LogP) is 5.18. The van der Waals surface area contributed by atoms with Crippen LogP contribution in [-0.2, 0) is 0 Å². The first-order valence-corrected chi connectivity index (χ1v) is 8.87. The first-order valence-electron chi connectivity index (χ1n) is 7.41. The number of nitrogens with one attached hydrogen (secondary N) is 1. The molecule has 1 aromatic carbocycles. The summed E-state index contributed by atoms with van der Waals surface area (Å²) in [7, 11) is 0. The maximum absolute atomic E-state index is 6.06. The SMILES string of the molecule is Cc1cn(-c2ccc(Cl)cc2I)c(NC2CCCCC2)n1. The van der Waals surface area contributed by atoms with E-state index in [4.69, 9.17) is 11.6 Å². The fourth-order valence-corrected chi connectivity index (χ4v) is 4.02. The van der Waals surface area contributed by atoms with Gasteiger partial charge < -0.3 is 5.32 Å². The number of anilines is 1. The molecule has 0 unspecified atom stereocenters. The molecule has 5 heteroatoms. The highest BCUT2D eigenvalue weighted by molar-refractivity contribution is 14.1. The van der Waals surface area contributed by atoms with Crippen molar-refractivity contribution >= 4 is 40.1 Å². The molecule has 21 heavy (non-hydrogen) atoms. The van der Waals surface area contributed by atoms with E-state index in [9.17, 15) is 0 Å². The van der Waals surface area contributed by atoms with Gasteiger partial charge in [-0.25, -0.2) is 4.98 Å². The Morgan fingerprint density at radius 1 is 1.29 bits per heavy atom. The molecule has 3 rings (SSSR count). The summed E-state index contributed by atoms with van der Waals surface area (Å²) in [4.78, 5) is 4.66. The van der Waals surface area contributed by atoms with Crippen molar-refractivity contribution in [3.8, 4) is 5.69 Å². The van der Waals surface area contributed by atoms with Crippen molar-refractivity contribution in [2.45, 2.75) is 45.1 Å². The molecular formula is C16H19ClIN3. The van der Waals surface area contributed by atoms with Gasteiger partial charge >= 0.3 is 0 Å². The van der Waals surface area contributed by atoms with E-state index in [0.29, 0.717) is 6.04 Å². The largest absolute Gasteiger partial charge is 0.353 e. The predicted molar refractivity (Wildman–Crippen MR) is 96.5 cm³/mol. The summed E-state index contributed by atoms with van der Waals surface area (Å²) < 4.78 is 3.27. The Labute approximate surface area is 144 Å². The van der Waals surface area contributed by atoms with Gasteiger partial charge in [0.05, 0.1) is 11.4 Å². The van der Waals surface area contributed by atoms with Gasteiger partial charge in [-0.1, -0.05) is 30.9 Å². The molecule has 1 aliphatic carbocycles. The highest BCUT2D eigenvalue weighted by Gasteiger charge is 2.17. The number of rotatable bonds is 3. The molecule has 0 aliphatic heterocycles. The topological polar surface area (TPSA) is 29.9 Å². The monoisotopic (exact) mass is 415 g/mol. The van der Waals surface area contributed by atoms with Crippen molar-refractivity contribution in [1.29, 1.82) is 0 Å². The number of imidazole rings is 1. The van der Waals surface area contributed by atoms with Gasteiger partial charge in [-0.15, -0.1) is 0 Å². The first-order chi connectivity index (χ1) is 10.1. The van der Waals surface area contributed by atoms with Crippen LogP contribution in [-0.4, -0.2) is 15.6 Å². The van der Waals surface area contributed by atoms with Gasteiger partial charge in [0.1, 0.15) is 0 Å². The van der Waals surface area contributed by atoms with Gasteiger partial charge in [0, 0.05) is 20.8 Å². The number of aromatic nitrogens is 2. The second kappa shape index (κ2) is 6.57. The highest BCUT2D eigenvalue weighted by atomic mass is 127. The van der Waals surface area contributed by atoms with Gasteiger partial charge in [-0.2, -0.15) is 0 Å². The highest BCUT2D eigenvalue weighted by Crippen LogP contribution is 2.27. The van der Waals surface area contributed by atoms with Crippen LogP contribution in [0.1, 0.15) is 37.8 Å². The summed E-state index contributed by atoms with van der Waals surface area (Å²) in [6, 6.07) is 6.51. The number of hydrogen-bond acceptors (Lipinski definition) is 2. The maximum Gasteiger partial charge on any atom is 0.207 e. The van der Waals surface area contributed by atoms with E-state index in [-0.39, 0.29) is 0 Å². The molecule has 0 saturated heterocycles. The van der Waals surface area contributed by atoms with Crippen molar-refractivity contribution in [2.75, 3.05) is 5.32 Å². The average molecular weight is 416 g/mol. The van der Waals surface area contributed by atoms with Crippen LogP contribution in [0.2, 0.25) is 5.02 Å². The number of benzene rings is 1. The summed E-state index contributed by atoms with van der Waals surface area (Å²) in [6.07, 6.45) is 8.55. The Hall–Kier alpha value is -0.750. The van der Waals surface area contributed by atoms with E-state index >= 15 is 0 Å². The van der Waals surface area contributed by atoms with Gasteiger partial charge in [0.25, 0.3) is 0 Å². The van der Waals surface area contributed by atoms with Crippen LogP contribution >= 0.6 is 34.2 Å². The molecule has 1 heterocycles. The minimum absolute atomic E-state index is 0.546. The molecule has 1 fully saturated rings. The lowest BCUT2D eigenvalue weighted by molar-refractivity contribution is 0.460. The van der Waals surface area contributed by atoms with Gasteiger partial charge in [-0.3, -0.25) is 4.57 Å². The molecule has 1 aliphatic rings. The van der Waals surface area contributed by atoms with Crippen molar-refractivity contribution < 1.29 is 0 Å². The molecule has 3 nitrogen and oxygen atoms in total. The molecule has 0 atom stereocenters. The van der Waals surface area contributed by atoms with Crippen LogP contribution in [0.25, 0.3) is 5.69 Å². The summed E-state index contributed by atoms with van der Waals surface area (Å²) in [6.45, 7) is 2.03. The second-order valence-corrected chi connectivity index (χ2v) is 7.25. The van der Waals surface area contributed by atoms with Gasteiger partial charge in [0.2, 0.25) is 5.95 Å². The molecule has 0 radical (unpaired) electrons. The molecule has 0 amide bonds. The number of halogens is 2. The minimum atomic E-state index is 0.546. The molecule has 0 bridgehead atoms. The Morgan fingerprint density at radius 2 is 2.05 bits per heavy atom. The Balaban J connectivity index is 1.91. The zero-order valence-corrected chi connectivity index (χ0v) is 15.0. The van der Waals surface area contributed by atoms with E-state index in [1.807, 2.05) is 19.1 Å². The molecule has 2 aromatic rings. The number of aryl methyl sites for hydroxylation is 1. The lowest BCUT2D eigenvalue weighted by atomic mass is 9.96. The summed E-state index contributed by atoms with van der Waals surface area (Å²) in [5.74, 6) is 0.944.